The summed E-state index contributed by atoms with van der Waals surface area (Å²) in [6, 6.07) is 5.30. The molecule has 0 bridgehead atoms. The van der Waals surface area contributed by atoms with E-state index in [0.29, 0.717) is 6.04 Å². The lowest BCUT2D eigenvalue weighted by Gasteiger charge is -2.26. The lowest BCUT2D eigenvalue weighted by Crippen LogP contribution is -2.36. The van der Waals surface area contributed by atoms with E-state index >= 15 is 0 Å². The molecule has 1 aliphatic carbocycles. The van der Waals surface area contributed by atoms with E-state index < -0.39 is 0 Å². The molecule has 0 radical (unpaired) electrons. The zero-order valence-electron chi connectivity index (χ0n) is 11.3. The van der Waals surface area contributed by atoms with Crippen molar-refractivity contribution in [2.45, 2.75) is 52.0 Å². The molecule has 0 amide bonds. The third-order valence-corrected chi connectivity index (χ3v) is 5.55. The van der Waals surface area contributed by atoms with Crippen LogP contribution in [0.5, 0.6) is 0 Å². The fourth-order valence-corrected chi connectivity index (χ4v) is 4.19. The smallest absolute Gasteiger partial charge is 0.0143 e. The highest BCUT2D eigenvalue weighted by molar-refractivity contribution is 7.11. The molecule has 1 aromatic rings. The molecule has 0 saturated heterocycles. The topological polar surface area (TPSA) is 12.0 Å². The summed E-state index contributed by atoms with van der Waals surface area (Å²) in [5.41, 5.74) is 0. The van der Waals surface area contributed by atoms with Crippen molar-refractivity contribution in [3.8, 4) is 0 Å². The summed E-state index contributed by atoms with van der Waals surface area (Å²) in [4.78, 5) is 3.08. The fourth-order valence-electron chi connectivity index (χ4n) is 3.18. The van der Waals surface area contributed by atoms with E-state index in [1.807, 2.05) is 11.3 Å². The Morgan fingerprint density at radius 2 is 2.12 bits per heavy atom. The highest BCUT2D eigenvalue weighted by Crippen LogP contribution is 2.35. The van der Waals surface area contributed by atoms with Gasteiger partial charge in [0.15, 0.2) is 0 Å². The van der Waals surface area contributed by atoms with Crippen LogP contribution in [0.25, 0.3) is 0 Å². The van der Waals surface area contributed by atoms with Gasteiger partial charge in [-0.2, -0.15) is 0 Å². The first-order chi connectivity index (χ1) is 8.24. The van der Waals surface area contributed by atoms with Gasteiger partial charge >= 0.3 is 0 Å². The van der Waals surface area contributed by atoms with Gasteiger partial charge in [-0.1, -0.05) is 26.7 Å². The minimum absolute atomic E-state index is 0.677. The first-order valence-corrected chi connectivity index (χ1v) is 7.81. The molecule has 3 atom stereocenters. The predicted molar refractivity (Wildman–Crippen MR) is 76.8 cm³/mol. The number of likely N-dealkylation sites (N-methyl/N-ethyl adjacent to an activating group) is 1. The standard InChI is InChI=1S/C15H25NS/c1-4-12-8-9-13(17-12)10-15(16-3)14-7-5-6-11(14)2/h8-9,11,14-16H,4-7,10H2,1-3H3. The molecule has 1 N–H and O–H groups in total. The van der Waals surface area contributed by atoms with Crippen LogP contribution < -0.4 is 5.32 Å². The Morgan fingerprint density at radius 3 is 2.65 bits per heavy atom. The first-order valence-electron chi connectivity index (χ1n) is 6.99. The van der Waals surface area contributed by atoms with Gasteiger partial charge in [0.1, 0.15) is 0 Å². The number of nitrogens with one attached hydrogen (secondary N) is 1. The van der Waals surface area contributed by atoms with Gasteiger partial charge in [0.2, 0.25) is 0 Å². The van der Waals surface area contributed by atoms with Crippen molar-refractivity contribution >= 4 is 11.3 Å². The molecule has 1 fully saturated rings. The SMILES string of the molecule is CCc1ccc(CC(NC)C2CCCC2C)s1. The third kappa shape index (κ3) is 3.11. The lowest BCUT2D eigenvalue weighted by molar-refractivity contribution is 0.309. The van der Waals surface area contributed by atoms with Crippen molar-refractivity contribution in [1.82, 2.24) is 5.32 Å². The molecule has 0 spiro atoms. The van der Waals surface area contributed by atoms with Gasteiger partial charge in [-0.05, 0) is 50.3 Å². The van der Waals surface area contributed by atoms with E-state index in [-0.39, 0.29) is 0 Å². The van der Waals surface area contributed by atoms with E-state index in [9.17, 15) is 0 Å². The summed E-state index contributed by atoms with van der Waals surface area (Å²) < 4.78 is 0. The Morgan fingerprint density at radius 1 is 1.35 bits per heavy atom. The largest absolute Gasteiger partial charge is 0.316 e. The lowest BCUT2D eigenvalue weighted by atomic mass is 9.88. The summed E-state index contributed by atoms with van der Waals surface area (Å²) in [5, 5.41) is 3.56. The normalized spacial score (nSPS) is 26.3. The minimum atomic E-state index is 0.677. The first kappa shape index (κ1) is 13.1. The summed E-state index contributed by atoms with van der Waals surface area (Å²) in [7, 11) is 2.13. The van der Waals surface area contributed by atoms with E-state index in [4.69, 9.17) is 0 Å². The second kappa shape index (κ2) is 6.01. The Hall–Kier alpha value is -0.340. The molecular weight excluding hydrogens is 226 g/mol. The maximum absolute atomic E-state index is 3.56. The number of rotatable bonds is 5. The Kier molecular flexibility index (Phi) is 4.63. The second-order valence-corrected chi connectivity index (χ2v) is 6.65. The molecule has 1 saturated carbocycles. The molecule has 1 aromatic heterocycles. The molecule has 0 aromatic carbocycles. The molecule has 3 unspecified atom stereocenters. The van der Waals surface area contributed by atoms with Gasteiger partial charge in [-0.15, -0.1) is 11.3 Å². The molecule has 17 heavy (non-hydrogen) atoms. The maximum Gasteiger partial charge on any atom is 0.0143 e. The van der Waals surface area contributed by atoms with Crippen molar-refractivity contribution in [3.63, 3.8) is 0 Å². The summed E-state index contributed by atoms with van der Waals surface area (Å²) in [6.45, 7) is 4.66. The monoisotopic (exact) mass is 251 g/mol. The van der Waals surface area contributed by atoms with Crippen LogP contribution in [0, 0.1) is 11.8 Å². The van der Waals surface area contributed by atoms with Crippen LogP contribution in [-0.4, -0.2) is 13.1 Å². The molecule has 1 heterocycles. The van der Waals surface area contributed by atoms with Gasteiger partial charge in [0, 0.05) is 15.8 Å². The van der Waals surface area contributed by atoms with Crippen molar-refractivity contribution in [2.24, 2.45) is 11.8 Å². The molecule has 2 heteroatoms. The van der Waals surface area contributed by atoms with Gasteiger partial charge in [-0.25, -0.2) is 0 Å². The van der Waals surface area contributed by atoms with Crippen LogP contribution in [0.15, 0.2) is 12.1 Å². The highest BCUT2D eigenvalue weighted by atomic mass is 32.1. The summed E-state index contributed by atoms with van der Waals surface area (Å²) in [6.07, 6.45) is 6.66. The average molecular weight is 251 g/mol. The van der Waals surface area contributed by atoms with Gasteiger partial charge < -0.3 is 5.32 Å². The Bertz CT molecular complexity index is 344. The third-order valence-electron chi connectivity index (χ3n) is 4.30. The average Bonchev–Trinajstić information content (AvgIpc) is 2.95. The Balaban J connectivity index is 1.99. The minimum Gasteiger partial charge on any atom is -0.316 e. The number of hydrogen-bond acceptors (Lipinski definition) is 2. The van der Waals surface area contributed by atoms with Gasteiger partial charge in [0.05, 0.1) is 0 Å². The summed E-state index contributed by atoms with van der Waals surface area (Å²) in [5.74, 6) is 1.78. The molecule has 1 aliphatic rings. The number of hydrogen-bond donors (Lipinski definition) is 1. The maximum atomic E-state index is 3.56. The zero-order valence-corrected chi connectivity index (χ0v) is 12.1. The van der Waals surface area contributed by atoms with Crippen LogP contribution in [0.1, 0.15) is 42.9 Å². The Labute approximate surface area is 110 Å². The van der Waals surface area contributed by atoms with Crippen molar-refractivity contribution in [1.29, 1.82) is 0 Å². The van der Waals surface area contributed by atoms with Crippen molar-refractivity contribution < 1.29 is 0 Å². The predicted octanol–water partition coefficient (Wildman–Crippen LogP) is 3.88. The van der Waals surface area contributed by atoms with E-state index in [1.165, 1.54) is 37.0 Å². The van der Waals surface area contributed by atoms with Crippen LogP contribution in [0.3, 0.4) is 0 Å². The van der Waals surface area contributed by atoms with E-state index in [0.717, 1.165) is 11.8 Å². The number of thiophene rings is 1. The quantitative estimate of drug-likeness (QED) is 0.837. The van der Waals surface area contributed by atoms with E-state index in [1.54, 1.807) is 4.88 Å². The molecule has 1 nitrogen and oxygen atoms in total. The molecular formula is C15H25NS. The highest BCUT2D eigenvalue weighted by Gasteiger charge is 2.30. The number of aryl methyl sites for hydroxylation is 1. The van der Waals surface area contributed by atoms with Gasteiger partial charge in [-0.3, -0.25) is 0 Å². The zero-order chi connectivity index (χ0) is 12.3. The van der Waals surface area contributed by atoms with Crippen LogP contribution in [-0.2, 0) is 12.8 Å². The van der Waals surface area contributed by atoms with Gasteiger partial charge in [0.25, 0.3) is 0 Å². The van der Waals surface area contributed by atoms with Crippen molar-refractivity contribution in [2.75, 3.05) is 7.05 Å². The second-order valence-electron chi connectivity index (χ2n) is 5.39. The molecule has 2 rings (SSSR count). The van der Waals surface area contributed by atoms with E-state index in [2.05, 4.69) is 38.3 Å². The molecule has 0 aliphatic heterocycles. The fraction of sp³-hybridized carbons (Fsp3) is 0.733. The van der Waals surface area contributed by atoms with Crippen LogP contribution >= 0.6 is 11.3 Å². The van der Waals surface area contributed by atoms with Crippen molar-refractivity contribution in [3.05, 3.63) is 21.9 Å². The molecule has 96 valence electrons. The van der Waals surface area contributed by atoms with Crippen LogP contribution in [0.2, 0.25) is 0 Å². The summed E-state index contributed by atoms with van der Waals surface area (Å²) >= 11 is 2.00. The van der Waals surface area contributed by atoms with Crippen LogP contribution in [0.4, 0.5) is 0 Å².